The molecular formula is C13H19N3O3S. The quantitative estimate of drug-likeness (QED) is 0.775. The van der Waals surface area contributed by atoms with Gasteiger partial charge in [0.1, 0.15) is 9.88 Å². The van der Waals surface area contributed by atoms with Crippen LogP contribution in [0.1, 0.15) is 40.1 Å². The number of carboxylic acid groups (broad SMARTS) is 1. The van der Waals surface area contributed by atoms with Crippen LogP contribution in [0.3, 0.4) is 0 Å². The number of aryl methyl sites for hydroxylation is 1. The van der Waals surface area contributed by atoms with E-state index in [1.165, 1.54) is 0 Å². The van der Waals surface area contributed by atoms with E-state index >= 15 is 0 Å². The van der Waals surface area contributed by atoms with Gasteiger partial charge in [-0.05, 0) is 32.9 Å². The second kappa shape index (κ2) is 5.88. The highest BCUT2D eigenvalue weighted by Gasteiger charge is 2.34. The predicted octanol–water partition coefficient (Wildman–Crippen LogP) is 1.16. The number of nitrogens with zero attached hydrogens (tertiary/aromatic N) is 1. The van der Waals surface area contributed by atoms with E-state index in [0.717, 1.165) is 37.3 Å². The van der Waals surface area contributed by atoms with Crippen molar-refractivity contribution in [3.05, 3.63) is 15.6 Å². The molecule has 2 heterocycles. The minimum Gasteiger partial charge on any atom is -0.477 e. The topological polar surface area (TPSA) is 91.3 Å². The van der Waals surface area contributed by atoms with Gasteiger partial charge in [0.25, 0.3) is 0 Å². The molecule has 1 amide bonds. The van der Waals surface area contributed by atoms with Crippen LogP contribution in [0.5, 0.6) is 0 Å². The third-order valence-corrected chi connectivity index (χ3v) is 4.84. The molecular weight excluding hydrogens is 278 g/mol. The molecule has 1 aliphatic heterocycles. The SMILES string of the molecule is Cc1nc(CNC(=O)C2(C)CCNCC2)sc1C(=O)O. The van der Waals surface area contributed by atoms with Crippen LogP contribution < -0.4 is 10.6 Å². The summed E-state index contributed by atoms with van der Waals surface area (Å²) in [5.74, 6) is -0.952. The zero-order chi connectivity index (χ0) is 14.8. The first-order chi connectivity index (χ1) is 9.42. The lowest BCUT2D eigenvalue weighted by Gasteiger charge is -2.32. The lowest BCUT2D eigenvalue weighted by atomic mass is 9.80. The minimum atomic E-state index is -0.970. The molecule has 0 unspecified atom stereocenters. The Morgan fingerprint density at radius 2 is 2.10 bits per heavy atom. The highest BCUT2D eigenvalue weighted by atomic mass is 32.1. The molecule has 0 bridgehead atoms. The number of carboxylic acids is 1. The van der Waals surface area contributed by atoms with Gasteiger partial charge in [-0.2, -0.15) is 0 Å². The molecule has 0 saturated carbocycles. The molecule has 0 atom stereocenters. The van der Waals surface area contributed by atoms with Crippen molar-refractivity contribution in [3.63, 3.8) is 0 Å². The molecule has 0 aliphatic carbocycles. The Morgan fingerprint density at radius 1 is 1.45 bits per heavy atom. The summed E-state index contributed by atoms with van der Waals surface area (Å²) in [6, 6.07) is 0. The van der Waals surface area contributed by atoms with Crippen molar-refractivity contribution >= 4 is 23.2 Å². The minimum absolute atomic E-state index is 0.0173. The molecule has 1 aromatic heterocycles. The second-order valence-electron chi connectivity index (χ2n) is 5.32. The van der Waals surface area contributed by atoms with E-state index in [1.54, 1.807) is 6.92 Å². The third-order valence-electron chi connectivity index (χ3n) is 3.69. The van der Waals surface area contributed by atoms with Gasteiger partial charge in [-0.3, -0.25) is 4.79 Å². The Labute approximate surface area is 121 Å². The first kappa shape index (κ1) is 14.9. The summed E-state index contributed by atoms with van der Waals surface area (Å²) >= 11 is 1.12. The van der Waals surface area contributed by atoms with Crippen LogP contribution in [-0.4, -0.2) is 35.1 Å². The van der Waals surface area contributed by atoms with E-state index in [2.05, 4.69) is 15.6 Å². The van der Waals surface area contributed by atoms with Gasteiger partial charge >= 0.3 is 5.97 Å². The molecule has 0 radical (unpaired) electrons. The molecule has 7 heteroatoms. The third kappa shape index (κ3) is 3.16. The van der Waals surface area contributed by atoms with Crippen LogP contribution in [0, 0.1) is 12.3 Å². The molecule has 0 aromatic carbocycles. The van der Waals surface area contributed by atoms with Gasteiger partial charge in [-0.1, -0.05) is 6.92 Å². The number of piperidine rings is 1. The van der Waals surface area contributed by atoms with Crippen molar-refractivity contribution in [2.24, 2.45) is 5.41 Å². The Kier molecular flexibility index (Phi) is 4.39. The number of thiazole rings is 1. The number of carbonyl (C=O) groups excluding carboxylic acids is 1. The standard InChI is InChI=1S/C13H19N3O3S/c1-8-10(11(17)18)20-9(16-8)7-15-12(19)13(2)3-5-14-6-4-13/h14H,3-7H2,1-2H3,(H,15,19)(H,17,18). The van der Waals surface area contributed by atoms with Crippen molar-refractivity contribution in [1.82, 2.24) is 15.6 Å². The number of amides is 1. The zero-order valence-corrected chi connectivity index (χ0v) is 12.5. The maximum atomic E-state index is 12.2. The predicted molar refractivity (Wildman–Crippen MR) is 75.9 cm³/mol. The number of hydrogen-bond donors (Lipinski definition) is 3. The fourth-order valence-electron chi connectivity index (χ4n) is 2.30. The summed E-state index contributed by atoms with van der Waals surface area (Å²) in [5.41, 5.74) is 0.160. The molecule has 3 N–H and O–H groups in total. The summed E-state index contributed by atoms with van der Waals surface area (Å²) < 4.78 is 0. The van der Waals surface area contributed by atoms with Crippen LogP contribution in [-0.2, 0) is 11.3 Å². The largest absolute Gasteiger partial charge is 0.477 e. The van der Waals surface area contributed by atoms with Crippen LogP contribution in [0.25, 0.3) is 0 Å². The van der Waals surface area contributed by atoms with E-state index in [-0.39, 0.29) is 16.2 Å². The lowest BCUT2D eigenvalue weighted by Crippen LogP contribution is -2.45. The van der Waals surface area contributed by atoms with Gasteiger partial charge in [0.15, 0.2) is 0 Å². The summed E-state index contributed by atoms with van der Waals surface area (Å²) in [4.78, 5) is 27.6. The first-order valence-electron chi connectivity index (χ1n) is 6.61. The lowest BCUT2D eigenvalue weighted by molar-refractivity contribution is -0.131. The van der Waals surface area contributed by atoms with Crippen molar-refractivity contribution in [3.8, 4) is 0 Å². The number of rotatable bonds is 4. The highest BCUT2D eigenvalue weighted by Crippen LogP contribution is 2.28. The second-order valence-corrected chi connectivity index (χ2v) is 6.40. The first-order valence-corrected chi connectivity index (χ1v) is 7.43. The summed E-state index contributed by atoms with van der Waals surface area (Å²) in [7, 11) is 0. The summed E-state index contributed by atoms with van der Waals surface area (Å²) in [6.45, 7) is 5.63. The molecule has 20 heavy (non-hydrogen) atoms. The van der Waals surface area contributed by atoms with E-state index in [4.69, 9.17) is 5.11 Å². The van der Waals surface area contributed by atoms with Gasteiger partial charge in [0.05, 0.1) is 12.2 Å². The Balaban J connectivity index is 1.96. The normalized spacial score (nSPS) is 17.7. The highest BCUT2D eigenvalue weighted by molar-refractivity contribution is 7.13. The van der Waals surface area contributed by atoms with Crippen molar-refractivity contribution in [1.29, 1.82) is 0 Å². The van der Waals surface area contributed by atoms with Crippen molar-refractivity contribution in [2.45, 2.75) is 33.2 Å². The van der Waals surface area contributed by atoms with Crippen LogP contribution in [0.4, 0.5) is 0 Å². The monoisotopic (exact) mass is 297 g/mol. The smallest absolute Gasteiger partial charge is 0.347 e. The number of aromatic carboxylic acids is 1. The average Bonchev–Trinajstić information content (AvgIpc) is 2.78. The molecule has 1 fully saturated rings. The van der Waals surface area contributed by atoms with Crippen molar-refractivity contribution < 1.29 is 14.7 Å². The zero-order valence-electron chi connectivity index (χ0n) is 11.7. The number of carbonyl (C=O) groups is 2. The van der Waals surface area contributed by atoms with Gasteiger partial charge in [0.2, 0.25) is 5.91 Å². The van der Waals surface area contributed by atoms with Crippen LogP contribution >= 0.6 is 11.3 Å². The fraction of sp³-hybridized carbons (Fsp3) is 0.615. The maximum absolute atomic E-state index is 12.2. The average molecular weight is 297 g/mol. The van der Waals surface area contributed by atoms with E-state index in [1.807, 2.05) is 6.92 Å². The molecule has 1 saturated heterocycles. The molecule has 110 valence electrons. The van der Waals surface area contributed by atoms with Crippen LogP contribution in [0.2, 0.25) is 0 Å². The summed E-state index contributed by atoms with van der Waals surface area (Å²) in [5, 5.41) is 15.7. The van der Waals surface area contributed by atoms with E-state index in [0.29, 0.717) is 17.2 Å². The maximum Gasteiger partial charge on any atom is 0.347 e. The molecule has 1 aliphatic rings. The number of nitrogens with one attached hydrogen (secondary N) is 2. The van der Waals surface area contributed by atoms with Gasteiger partial charge in [-0.25, -0.2) is 9.78 Å². The molecule has 0 spiro atoms. The van der Waals surface area contributed by atoms with Crippen molar-refractivity contribution in [2.75, 3.05) is 13.1 Å². The number of hydrogen-bond acceptors (Lipinski definition) is 5. The van der Waals surface area contributed by atoms with E-state index in [9.17, 15) is 9.59 Å². The van der Waals surface area contributed by atoms with Crippen LogP contribution in [0.15, 0.2) is 0 Å². The number of aromatic nitrogens is 1. The molecule has 6 nitrogen and oxygen atoms in total. The van der Waals surface area contributed by atoms with Gasteiger partial charge < -0.3 is 15.7 Å². The van der Waals surface area contributed by atoms with E-state index < -0.39 is 5.97 Å². The Hall–Kier alpha value is -1.47. The Morgan fingerprint density at radius 3 is 2.65 bits per heavy atom. The Bertz CT molecular complexity index is 521. The summed E-state index contributed by atoms with van der Waals surface area (Å²) in [6.07, 6.45) is 1.63. The molecule has 1 aromatic rings. The van der Waals surface area contributed by atoms with Gasteiger partial charge in [-0.15, -0.1) is 11.3 Å². The fourth-order valence-corrected chi connectivity index (χ4v) is 3.14. The van der Waals surface area contributed by atoms with Gasteiger partial charge in [0, 0.05) is 5.41 Å². The molecule has 2 rings (SSSR count).